The van der Waals surface area contributed by atoms with Crippen LogP contribution in [0.15, 0.2) is 24.3 Å². The van der Waals surface area contributed by atoms with Crippen LogP contribution in [0.4, 0.5) is 10.5 Å². The molecule has 1 unspecified atom stereocenters. The summed E-state index contributed by atoms with van der Waals surface area (Å²) in [5.41, 5.74) is 0.438. The van der Waals surface area contributed by atoms with Gasteiger partial charge in [0.2, 0.25) is 0 Å². The first-order valence-corrected chi connectivity index (χ1v) is 7.06. The number of phenolic OH excluding ortho intramolecular Hbond substituents is 1. The van der Waals surface area contributed by atoms with Gasteiger partial charge in [-0.05, 0) is 49.9 Å². The van der Waals surface area contributed by atoms with Gasteiger partial charge in [-0.15, -0.1) is 0 Å². The molecule has 1 aromatic carbocycles. The number of carbonyl (C=O) groups is 2. The standard InChI is InChI=1S/C15H20N2O4/c1-10(11-3-2-4-11)16-15(21)17(9-14(19)20)12-5-7-13(18)8-6-12/h5-8,10-11,18H,2-4,9H2,1H3,(H,16,21)(H,19,20). The lowest BCUT2D eigenvalue weighted by Gasteiger charge is -2.33. The number of nitrogens with zero attached hydrogens (tertiary/aromatic N) is 1. The zero-order valence-electron chi connectivity index (χ0n) is 12.0. The molecular formula is C15H20N2O4. The van der Waals surface area contributed by atoms with E-state index in [0.717, 1.165) is 17.7 Å². The largest absolute Gasteiger partial charge is 0.508 e. The van der Waals surface area contributed by atoms with Crippen LogP contribution in [0.5, 0.6) is 5.75 Å². The molecule has 2 amide bonds. The fraction of sp³-hybridized carbons (Fsp3) is 0.467. The Labute approximate surface area is 123 Å². The van der Waals surface area contributed by atoms with Crippen LogP contribution < -0.4 is 10.2 Å². The average molecular weight is 292 g/mol. The molecule has 6 nitrogen and oxygen atoms in total. The molecule has 1 aliphatic carbocycles. The van der Waals surface area contributed by atoms with Crippen LogP contribution in [0.1, 0.15) is 26.2 Å². The molecular weight excluding hydrogens is 272 g/mol. The molecule has 1 atom stereocenters. The first-order chi connectivity index (χ1) is 9.97. The van der Waals surface area contributed by atoms with Crippen molar-refractivity contribution in [2.45, 2.75) is 32.2 Å². The summed E-state index contributed by atoms with van der Waals surface area (Å²) in [5, 5.41) is 21.1. The molecule has 0 heterocycles. The fourth-order valence-corrected chi connectivity index (χ4v) is 2.38. The van der Waals surface area contributed by atoms with E-state index >= 15 is 0 Å². The lowest BCUT2D eigenvalue weighted by Crippen LogP contribution is -2.49. The monoisotopic (exact) mass is 292 g/mol. The predicted octanol–water partition coefficient (Wildman–Crippen LogP) is 2.18. The molecule has 1 aliphatic rings. The summed E-state index contributed by atoms with van der Waals surface area (Å²) in [6.07, 6.45) is 3.38. The van der Waals surface area contributed by atoms with E-state index in [1.54, 1.807) is 0 Å². The number of carboxylic acids is 1. The Bertz CT molecular complexity index is 511. The van der Waals surface area contributed by atoms with Gasteiger partial charge in [-0.3, -0.25) is 9.69 Å². The molecule has 0 aliphatic heterocycles. The molecule has 1 fully saturated rings. The molecule has 6 heteroatoms. The Morgan fingerprint density at radius 3 is 2.43 bits per heavy atom. The summed E-state index contributed by atoms with van der Waals surface area (Å²) in [5.74, 6) is -0.549. The van der Waals surface area contributed by atoms with Crippen LogP contribution in [0, 0.1) is 5.92 Å². The van der Waals surface area contributed by atoms with Crippen molar-refractivity contribution in [1.82, 2.24) is 5.32 Å². The van der Waals surface area contributed by atoms with Crippen molar-refractivity contribution in [3.63, 3.8) is 0 Å². The van der Waals surface area contributed by atoms with Gasteiger partial charge in [-0.2, -0.15) is 0 Å². The Hall–Kier alpha value is -2.24. The van der Waals surface area contributed by atoms with Gasteiger partial charge in [0, 0.05) is 11.7 Å². The van der Waals surface area contributed by atoms with Crippen molar-refractivity contribution < 1.29 is 19.8 Å². The lowest BCUT2D eigenvalue weighted by molar-refractivity contribution is -0.135. The molecule has 0 radical (unpaired) electrons. The zero-order chi connectivity index (χ0) is 15.4. The topological polar surface area (TPSA) is 89.9 Å². The van der Waals surface area contributed by atoms with Crippen molar-refractivity contribution in [3.8, 4) is 5.75 Å². The minimum Gasteiger partial charge on any atom is -0.508 e. The minimum atomic E-state index is -1.09. The number of anilines is 1. The SMILES string of the molecule is CC(NC(=O)N(CC(=O)O)c1ccc(O)cc1)C1CCC1. The number of nitrogens with one attached hydrogen (secondary N) is 1. The van der Waals surface area contributed by atoms with Crippen LogP contribution in [0.3, 0.4) is 0 Å². The number of rotatable bonds is 5. The number of benzene rings is 1. The van der Waals surface area contributed by atoms with E-state index in [0.29, 0.717) is 11.6 Å². The highest BCUT2D eigenvalue weighted by Crippen LogP contribution is 2.29. The second-order valence-electron chi connectivity index (χ2n) is 5.43. The Morgan fingerprint density at radius 1 is 1.33 bits per heavy atom. The van der Waals surface area contributed by atoms with E-state index in [-0.39, 0.29) is 11.8 Å². The third-order valence-corrected chi connectivity index (χ3v) is 3.91. The number of phenols is 1. The van der Waals surface area contributed by atoms with Gasteiger partial charge < -0.3 is 15.5 Å². The fourth-order valence-electron chi connectivity index (χ4n) is 2.38. The smallest absolute Gasteiger partial charge is 0.323 e. The first-order valence-electron chi connectivity index (χ1n) is 7.06. The summed E-state index contributed by atoms with van der Waals surface area (Å²) >= 11 is 0. The normalized spacial score (nSPS) is 15.9. The van der Waals surface area contributed by atoms with E-state index in [4.69, 9.17) is 5.11 Å². The summed E-state index contributed by atoms with van der Waals surface area (Å²) in [4.78, 5) is 24.4. The molecule has 1 saturated carbocycles. The van der Waals surface area contributed by atoms with Gasteiger partial charge in [0.05, 0.1) is 0 Å². The van der Waals surface area contributed by atoms with Crippen LogP contribution in [0.25, 0.3) is 0 Å². The maximum atomic E-state index is 12.3. The van der Waals surface area contributed by atoms with Crippen LogP contribution >= 0.6 is 0 Å². The average Bonchev–Trinajstić information content (AvgIpc) is 2.34. The third kappa shape index (κ3) is 3.87. The Morgan fingerprint density at radius 2 is 1.95 bits per heavy atom. The number of carboxylic acid groups (broad SMARTS) is 1. The van der Waals surface area contributed by atoms with Gasteiger partial charge in [0.1, 0.15) is 12.3 Å². The molecule has 0 bridgehead atoms. The van der Waals surface area contributed by atoms with Gasteiger partial charge in [0.15, 0.2) is 0 Å². The number of hydrogen-bond donors (Lipinski definition) is 3. The first kappa shape index (κ1) is 15.2. The number of hydrogen-bond acceptors (Lipinski definition) is 3. The molecule has 21 heavy (non-hydrogen) atoms. The lowest BCUT2D eigenvalue weighted by atomic mass is 9.80. The predicted molar refractivity (Wildman–Crippen MR) is 78.4 cm³/mol. The van der Waals surface area contributed by atoms with Crippen LogP contribution in [-0.2, 0) is 4.79 Å². The third-order valence-electron chi connectivity index (χ3n) is 3.91. The van der Waals surface area contributed by atoms with E-state index in [2.05, 4.69) is 5.32 Å². The number of urea groups is 1. The molecule has 2 rings (SSSR count). The van der Waals surface area contributed by atoms with Gasteiger partial charge in [0.25, 0.3) is 0 Å². The molecule has 114 valence electrons. The van der Waals surface area contributed by atoms with Crippen molar-refractivity contribution in [1.29, 1.82) is 0 Å². The molecule has 0 saturated heterocycles. The molecule has 0 aromatic heterocycles. The second-order valence-corrected chi connectivity index (χ2v) is 5.43. The number of carbonyl (C=O) groups excluding carboxylic acids is 1. The summed E-state index contributed by atoms with van der Waals surface area (Å²) in [6.45, 7) is 1.52. The quantitative estimate of drug-likeness (QED) is 0.776. The molecule has 0 spiro atoms. The Kier molecular flexibility index (Phi) is 4.67. The van der Waals surface area contributed by atoms with Crippen molar-refractivity contribution in [2.24, 2.45) is 5.92 Å². The van der Waals surface area contributed by atoms with E-state index in [1.807, 2.05) is 6.92 Å². The van der Waals surface area contributed by atoms with Gasteiger partial charge in [-0.1, -0.05) is 6.42 Å². The maximum Gasteiger partial charge on any atom is 0.323 e. The van der Waals surface area contributed by atoms with Gasteiger partial charge >= 0.3 is 12.0 Å². The number of amides is 2. The highest BCUT2D eigenvalue weighted by molar-refractivity contribution is 5.96. The Balaban J connectivity index is 2.08. The van der Waals surface area contributed by atoms with Crippen molar-refractivity contribution in [3.05, 3.63) is 24.3 Å². The zero-order valence-corrected chi connectivity index (χ0v) is 12.0. The summed E-state index contributed by atoms with van der Waals surface area (Å²) in [7, 11) is 0. The minimum absolute atomic E-state index is 0.0275. The highest BCUT2D eigenvalue weighted by Gasteiger charge is 2.27. The number of aromatic hydroxyl groups is 1. The van der Waals surface area contributed by atoms with E-state index in [1.165, 1.54) is 30.7 Å². The molecule has 3 N–H and O–H groups in total. The summed E-state index contributed by atoms with van der Waals surface area (Å²) in [6, 6.07) is 5.49. The maximum absolute atomic E-state index is 12.3. The number of aliphatic carboxylic acids is 1. The van der Waals surface area contributed by atoms with Crippen LogP contribution in [0.2, 0.25) is 0 Å². The van der Waals surface area contributed by atoms with Crippen molar-refractivity contribution >= 4 is 17.7 Å². The highest BCUT2D eigenvalue weighted by atomic mass is 16.4. The van der Waals surface area contributed by atoms with E-state index in [9.17, 15) is 14.7 Å². The van der Waals surface area contributed by atoms with Crippen LogP contribution in [-0.4, -0.2) is 34.8 Å². The van der Waals surface area contributed by atoms with Gasteiger partial charge in [-0.25, -0.2) is 4.79 Å². The second kappa shape index (κ2) is 6.47. The van der Waals surface area contributed by atoms with E-state index < -0.39 is 18.5 Å². The van der Waals surface area contributed by atoms with Crippen molar-refractivity contribution in [2.75, 3.05) is 11.4 Å². The molecule has 1 aromatic rings. The summed E-state index contributed by atoms with van der Waals surface area (Å²) < 4.78 is 0.